The van der Waals surface area contributed by atoms with Gasteiger partial charge in [0.25, 0.3) is 0 Å². The number of hydrogen-bond acceptors (Lipinski definition) is 3. The maximum Gasteiger partial charge on any atom is 0.347 e. The maximum absolute atomic E-state index is 11.6. The number of H-pyrrole nitrogens is 1. The van der Waals surface area contributed by atoms with Crippen LogP contribution < -0.4 is 5.69 Å². The summed E-state index contributed by atoms with van der Waals surface area (Å²) in [7, 11) is 0. The average Bonchev–Trinajstić information content (AvgIpc) is 2.45. The SMILES string of the molecule is CC(C)(C)c1nc(Br)c2cn[nH]c(=O)n12. The van der Waals surface area contributed by atoms with Crippen LogP contribution in [-0.2, 0) is 5.41 Å². The van der Waals surface area contributed by atoms with Crippen LogP contribution in [-0.4, -0.2) is 19.6 Å². The molecular formula is C9H11BrN4O. The average molecular weight is 271 g/mol. The first kappa shape index (κ1) is 10.4. The zero-order valence-electron chi connectivity index (χ0n) is 8.71. The standard InChI is InChI=1S/C9H11BrN4O/c1-9(2,3)7-12-6(10)5-4-11-13-8(15)14(5)7/h4H,1-3H3,(H,13,15). The number of rotatable bonds is 0. The van der Waals surface area contributed by atoms with Gasteiger partial charge in [-0.3, -0.25) is 0 Å². The highest BCUT2D eigenvalue weighted by molar-refractivity contribution is 9.10. The lowest BCUT2D eigenvalue weighted by molar-refractivity contribution is 0.536. The summed E-state index contributed by atoms with van der Waals surface area (Å²) in [5, 5.41) is 6.14. The van der Waals surface area contributed by atoms with Gasteiger partial charge in [-0.15, -0.1) is 0 Å². The van der Waals surface area contributed by atoms with E-state index in [0.717, 1.165) is 0 Å². The van der Waals surface area contributed by atoms with E-state index in [4.69, 9.17) is 0 Å². The van der Waals surface area contributed by atoms with Gasteiger partial charge in [-0.1, -0.05) is 20.8 Å². The molecule has 15 heavy (non-hydrogen) atoms. The van der Waals surface area contributed by atoms with Crippen LogP contribution in [0, 0.1) is 0 Å². The van der Waals surface area contributed by atoms with Crippen molar-refractivity contribution < 1.29 is 0 Å². The second kappa shape index (κ2) is 3.16. The van der Waals surface area contributed by atoms with Crippen LogP contribution in [0.4, 0.5) is 0 Å². The highest BCUT2D eigenvalue weighted by Gasteiger charge is 2.23. The molecule has 0 saturated heterocycles. The van der Waals surface area contributed by atoms with Gasteiger partial charge in [0, 0.05) is 5.41 Å². The maximum atomic E-state index is 11.6. The minimum atomic E-state index is -0.268. The molecule has 0 fully saturated rings. The van der Waals surface area contributed by atoms with Gasteiger partial charge < -0.3 is 0 Å². The molecular weight excluding hydrogens is 260 g/mol. The predicted molar refractivity (Wildman–Crippen MR) is 60.0 cm³/mol. The first-order valence-corrected chi connectivity index (χ1v) is 5.32. The number of aromatic nitrogens is 4. The van der Waals surface area contributed by atoms with Crippen LogP contribution in [0.3, 0.4) is 0 Å². The quantitative estimate of drug-likeness (QED) is 0.789. The first-order chi connectivity index (χ1) is 6.91. The Bertz CT molecular complexity index is 563. The molecule has 0 radical (unpaired) electrons. The number of fused-ring (bicyclic) bond motifs is 1. The monoisotopic (exact) mass is 270 g/mol. The van der Waals surface area contributed by atoms with Crippen LogP contribution in [0.25, 0.3) is 5.52 Å². The van der Waals surface area contributed by atoms with Gasteiger partial charge >= 0.3 is 5.69 Å². The van der Waals surface area contributed by atoms with Crippen molar-refractivity contribution >= 4 is 21.4 Å². The molecule has 0 aliphatic rings. The molecule has 0 unspecified atom stereocenters. The Balaban J connectivity index is 2.94. The summed E-state index contributed by atoms with van der Waals surface area (Å²) in [5.41, 5.74) is 0.225. The summed E-state index contributed by atoms with van der Waals surface area (Å²) in [6, 6.07) is 0. The minimum Gasteiger partial charge on any atom is -0.246 e. The number of nitrogens with one attached hydrogen (secondary N) is 1. The molecule has 5 nitrogen and oxygen atoms in total. The van der Waals surface area contributed by atoms with Gasteiger partial charge in [-0.05, 0) is 15.9 Å². The van der Waals surface area contributed by atoms with Crippen LogP contribution in [0.1, 0.15) is 26.6 Å². The predicted octanol–water partition coefficient (Wildman–Crippen LogP) is 1.48. The summed E-state index contributed by atoms with van der Waals surface area (Å²) in [6.07, 6.45) is 1.58. The molecule has 0 aliphatic carbocycles. The summed E-state index contributed by atoms with van der Waals surface area (Å²) in [4.78, 5) is 16.0. The molecule has 2 heterocycles. The van der Waals surface area contributed by atoms with Gasteiger partial charge in [0.05, 0.1) is 6.20 Å². The second-order valence-electron chi connectivity index (χ2n) is 4.37. The highest BCUT2D eigenvalue weighted by Crippen LogP contribution is 2.25. The van der Waals surface area contributed by atoms with E-state index in [0.29, 0.717) is 15.9 Å². The van der Waals surface area contributed by atoms with E-state index in [-0.39, 0.29) is 11.1 Å². The van der Waals surface area contributed by atoms with Crippen LogP contribution in [0.2, 0.25) is 0 Å². The van der Waals surface area contributed by atoms with E-state index >= 15 is 0 Å². The lowest BCUT2D eigenvalue weighted by Gasteiger charge is -2.15. The Labute approximate surface area is 94.7 Å². The third kappa shape index (κ3) is 1.58. The van der Waals surface area contributed by atoms with Crippen LogP contribution in [0.5, 0.6) is 0 Å². The Kier molecular flexibility index (Phi) is 2.18. The zero-order chi connectivity index (χ0) is 11.2. The van der Waals surface area contributed by atoms with Crippen molar-refractivity contribution in [3.63, 3.8) is 0 Å². The van der Waals surface area contributed by atoms with Gasteiger partial charge in [-0.2, -0.15) is 5.10 Å². The number of aromatic amines is 1. The van der Waals surface area contributed by atoms with E-state index in [9.17, 15) is 4.79 Å². The van der Waals surface area contributed by atoms with E-state index in [1.165, 1.54) is 4.40 Å². The lowest BCUT2D eigenvalue weighted by Crippen LogP contribution is -2.25. The molecule has 2 aromatic rings. The van der Waals surface area contributed by atoms with E-state index in [1.54, 1.807) is 6.20 Å². The number of halogens is 1. The van der Waals surface area contributed by atoms with Crippen molar-refractivity contribution in [1.29, 1.82) is 0 Å². The van der Waals surface area contributed by atoms with Crippen LogP contribution in [0.15, 0.2) is 15.6 Å². The third-order valence-electron chi connectivity index (χ3n) is 2.09. The molecule has 2 rings (SSSR count). The largest absolute Gasteiger partial charge is 0.347 e. The molecule has 0 spiro atoms. The third-order valence-corrected chi connectivity index (χ3v) is 2.67. The zero-order valence-corrected chi connectivity index (χ0v) is 10.3. The lowest BCUT2D eigenvalue weighted by atomic mass is 9.96. The molecule has 0 aromatic carbocycles. The summed E-state index contributed by atoms with van der Waals surface area (Å²) >= 11 is 3.32. The van der Waals surface area contributed by atoms with Crippen molar-refractivity contribution in [1.82, 2.24) is 19.6 Å². The number of nitrogens with zero attached hydrogens (tertiary/aromatic N) is 3. The van der Waals surface area contributed by atoms with Gasteiger partial charge in [0.15, 0.2) is 0 Å². The normalized spacial score (nSPS) is 12.3. The Morgan fingerprint density at radius 2 is 2.13 bits per heavy atom. The summed E-state index contributed by atoms with van der Waals surface area (Å²) < 4.78 is 2.18. The molecule has 0 saturated carbocycles. The van der Waals surface area contributed by atoms with Crippen LogP contribution >= 0.6 is 15.9 Å². The fourth-order valence-electron chi connectivity index (χ4n) is 1.42. The summed E-state index contributed by atoms with van der Waals surface area (Å²) in [5.74, 6) is 0.716. The van der Waals surface area contributed by atoms with Gasteiger partial charge in [-0.25, -0.2) is 19.3 Å². The Morgan fingerprint density at radius 3 is 2.73 bits per heavy atom. The van der Waals surface area contributed by atoms with E-state index in [2.05, 4.69) is 31.1 Å². The minimum absolute atomic E-state index is 0.191. The van der Waals surface area contributed by atoms with E-state index in [1.807, 2.05) is 20.8 Å². The number of hydrogen-bond donors (Lipinski definition) is 1. The molecule has 0 bridgehead atoms. The molecule has 80 valence electrons. The van der Waals surface area contributed by atoms with Crippen molar-refractivity contribution in [3.05, 3.63) is 27.1 Å². The van der Waals surface area contributed by atoms with Crippen molar-refractivity contribution in [3.8, 4) is 0 Å². The summed E-state index contributed by atoms with van der Waals surface area (Å²) in [6.45, 7) is 6.02. The van der Waals surface area contributed by atoms with Crippen molar-refractivity contribution in [2.45, 2.75) is 26.2 Å². The van der Waals surface area contributed by atoms with Crippen molar-refractivity contribution in [2.24, 2.45) is 0 Å². The van der Waals surface area contributed by atoms with E-state index < -0.39 is 0 Å². The number of imidazole rings is 1. The fourth-order valence-corrected chi connectivity index (χ4v) is 1.87. The highest BCUT2D eigenvalue weighted by atomic mass is 79.9. The molecule has 1 N–H and O–H groups in total. The Morgan fingerprint density at radius 1 is 1.47 bits per heavy atom. The molecule has 0 amide bonds. The smallest absolute Gasteiger partial charge is 0.246 e. The molecule has 0 atom stereocenters. The Hall–Kier alpha value is -1.17. The molecule has 6 heteroatoms. The second-order valence-corrected chi connectivity index (χ2v) is 5.12. The molecule has 2 aromatic heterocycles. The molecule has 0 aliphatic heterocycles. The fraction of sp³-hybridized carbons (Fsp3) is 0.444. The van der Waals surface area contributed by atoms with Crippen molar-refractivity contribution in [2.75, 3.05) is 0 Å². The van der Waals surface area contributed by atoms with Gasteiger partial charge in [0.1, 0.15) is 15.9 Å². The van der Waals surface area contributed by atoms with Gasteiger partial charge in [0.2, 0.25) is 0 Å². The topological polar surface area (TPSA) is 63.0 Å². The first-order valence-electron chi connectivity index (χ1n) is 4.53.